The first-order valence-electron chi connectivity index (χ1n) is 5.32. The van der Waals surface area contributed by atoms with Gasteiger partial charge >= 0.3 is 0 Å². The van der Waals surface area contributed by atoms with E-state index in [9.17, 15) is 4.79 Å². The van der Waals surface area contributed by atoms with Gasteiger partial charge in [-0.3, -0.25) is 0 Å². The number of carbonyl (C=O) groups excluding carboxylic acids is 1. The summed E-state index contributed by atoms with van der Waals surface area (Å²) in [6, 6.07) is 9.57. The lowest BCUT2D eigenvalue weighted by Crippen LogP contribution is -1.97. The topological polar surface area (TPSA) is 42.9 Å². The van der Waals surface area contributed by atoms with Crippen molar-refractivity contribution >= 4 is 34.0 Å². The molecule has 0 spiro atoms. The van der Waals surface area contributed by atoms with Gasteiger partial charge in [0, 0.05) is 11.8 Å². The zero-order chi connectivity index (χ0) is 13.0. The predicted octanol–water partition coefficient (Wildman–Crippen LogP) is 3.50. The van der Waals surface area contributed by atoms with Crippen LogP contribution in [0.5, 0.6) is 0 Å². The Bertz CT molecular complexity index is 562. The molecule has 0 aliphatic rings. The quantitative estimate of drug-likeness (QED) is 0.374. The maximum atomic E-state index is 10.9. The average molecular weight is 323 g/mol. The van der Waals surface area contributed by atoms with E-state index in [0.29, 0.717) is 0 Å². The maximum Gasteiger partial charge on any atom is 0.187 e. The van der Waals surface area contributed by atoms with Crippen molar-refractivity contribution in [1.29, 1.82) is 0 Å². The number of benzene rings is 1. The fourth-order valence-electron chi connectivity index (χ4n) is 1.63. The second kappa shape index (κ2) is 6.11. The molecule has 3 nitrogen and oxygen atoms in total. The fraction of sp³-hybridized carbons (Fsp3) is 0.154. The van der Waals surface area contributed by atoms with E-state index in [-0.39, 0.29) is 4.83 Å². The Hall–Kier alpha value is -1.20. The van der Waals surface area contributed by atoms with Gasteiger partial charge in [0.25, 0.3) is 0 Å². The van der Waals surface area contributed by atoms with E-state index in [4.69, 9.17) is 0 Å². The Morgan fingerprint density at radius 2 is 2.11 bits per heavy atom. The fourth-order valence-corrected chi connectivity index (χ4v) is 2.39. The molecule has 2 aromatic rings. The molecule has 2 rings (SSSR count). The summed E-state index contributed by atoms with van der Waals surface area (Å²) in [6.45, 7) is 0. The zero-order valence-corrected chi connectivity index (χ0v) is 12.1. The molecular weight excluding hydrogens is 312 g/mol. The number of thioether (sulfide) groups is 1. The van der Waals surface area contributed by atoms with Gasteiger partial charge < -0.3 is 4.79 Å². The van der Waals surface area contributed by atoms with Crippen molar-refractivity contribution in [2.75, 3.05) is 6.26 Å². The first-order valence-corrected chi connectivity index (χ1v) is 7.46. The summed E-state index contributed by atoms with van der Waals surface area (Å²) >= 11 is 4.85. The zero-order valence-electron chi connectivity index (χ0n) is 9.71. The van der Waals surface area contributed by atoms with E-state index >= 15 is 0 Å². The van der Waals surface area contributed by atoms with E-state index in [1.165, 1.54) is 11.8 Å². The maximum absolute atomic E-state index is 10.9. The summed E-state index contributed by atoms with van der Waals surface area (Å²) < 4.78 is 0. The van der Waals surface area contributed by atoms with Crippen LogP contribution in [-0.4, -0.2) is 22.5 Å². The number of nitrogens with zero attached hydrogens (tertiary/aromatic N) is 2. The third-order valence-electron chi connectivity index (χ3n) is 2.47. The summed E-state index contributed by atoms with van der Waals surface area (Å²) in [4.78, 5) is 19.2. The highest BCUT2D eigenvalue weighted by Crippen LogP contribution is 2.30. The van der Waals surface area contributed by atoms with Crippen LogP contribution in [0.1, 0.15) is 10.4 Å². The van der Waals surface area contributed by atoms with Gasteiger partial charge in [-0.25, -0.2) is 9.97 Å². The summed E-state index contributed by atoms with van der Waals surface area (Å²) in [6.07, 6.45) is 4.54. The van der Waals surface area contributed by atoms with E-state index in [1.807, 2.05) is 36.6 Å². The van der Waals surface area contributed by atoms with Crippen molar-refractivity contribution in [3.05, 3.63) is 42.1 Å². The van der Waals surface area contributed by atoms with Crippen LogP contribution in [0, 0.1) is 0 Å². The van der Waals surface area contributed by atoms with Crippen LogP contribution in [0.4, 0.5) is 0 Å². The SMILES string of the molecule is CSc1nccc(-c2ccccc2C(Br)C=O)n1. The molecule has 0 N–H and O–H groups in total. The first kappa shape index (κ1) is 13.2. The number of alkyl halides is 1. The molecule has 0 aliphatic carbocycles. The van der Waals surface area contributed by atoms with Gasteiger partial charge in [-0.2, -0.15) is 0 Å². The molecule has 1 heterocycles. The molecule has 0 bridgehead atoms. The van der Waals surface area contributed by atoms with Crippen LogP contribution >= 0.6 is 27.7 Å². The second-order valence-electron chi connectivity index (χ2n) is 3.55. The third kappa shape index (κ3) is 2.79. The van der Waals surface area contributed by atoms with Crippen LogP contribution in [0.25, 0.3) is 11.3 Å². The minimum Gasteiger partial charge on any atom is -0.302 e. The van der Waals surface area contributed by atoms with Crippen molar-refractivity contribution in [3.8, 4) is 11.3 Å². The van der Waals surface area contributed by atoms with Crippen molar-refractivity contribution in [1.82, 2.24) is 9.97 Å². The van der Waals surface area contributed by atoms with Crippen LogP contribution in [0.15, 0.2) is 41.7 Å². The molecule has 1 atom stereocenters. The highest BCUT2D eigenvalue weighted by molar-refractivity contribution is 9.09. The number of hydrogen-bond acceptors (Lipinski definition) is 4. The Morgan fingerprint density at radius 3 is 2.83 bits per heavy atom. The largest absolute Gasteiger partial charge is 0.302 e. The van der Waals surface area contributed by atoms with E-state index in [1.54, 1.807) is 6.20 Å². The smallest absolute Gasteiger partial charge is 0.187 e. The molecule has 5 heteroatoms. The lowest BCUT2D eigenvalue weighted by atomic mass is 10.0. The second-order valence-corrected chi connectivity index (χ2v) is 5.31. The highest BCUT2D eigenvalue weighted by atomic mass is 79.9. The Labute approximate surface area is 118 Å². The van der Waals surface area contributed by atoms with Crippen LogP contribution < -0.4 is 0 Å². The van der Waals surface area contributed by atoms with Gasteiger partial charge in [0.15, 0.2) is 5.16 Å². The van der Waals surface area contributed by atoms with Gasteiger partial charge in [0.05, 0.1) is 10.5 Å². The number of carbonyl (C=O) groups is 1. The molecule has 1 unspecified atom stereocenters. The summed E-state index contributed by atoms with van der Waals surface area (Å²) in [7, 11) is 0. The highest BCUT2D eigenvalue weighted by Gasteiger charge is 2.13. The summed E-state index contributed by atoms with van der Waals surface area (Å²) in [5.41, 5.74) is 2.69. The molecule has 0 saturated carbocycles. The lowest BCUT2D eigenvalue weighted by Gasteiger charge is -2.10. The Kier molecular flexibility index (Phi) is 4.49. The number of halogens is 1. The minimum absolute atomic E-state index is 0.318. The van der Waals surface area contributed by atoms with Crippen molar-refractivity contribution in [2.45, 2.75) is 9.98 Å². The van der Waals surface area contributed by atoms with E-state index < -0.39 is 0 Å². The molecule has 0 amide bonds. The molecule has 18 heavy (non-hydrogen) atoms. The van der Waals surface area contributed by atoms with Gasteiger partial charge in [-0.05, 0) is 17.9 Å². The van der Waals surface area contributed by atoms with Crippen LogP contribution in [0.2, 0.25) is 0 Å². The van der Waals surface area contributed by atoms with E-state index in [0.717, 1.165) is 28.3 Å². The molecule has 0 saturated heterocycles. The number of hydrogen-bond donors (Lipinski definition) is 0. The first-order chi connectivity index (χ1) is 8.76. The standard InChI is InChI=1S/C13H11BrN2OS/c1-18-13-15-7-6-12(16-13)10-5-3-2-4-9(10)11(14)8-17/h2-8,11H,1H3. The van der Waals surface area contributed by atoms with Crippen LogP contribution in [0.3, 0.4) is 0 Å². The molecule has 0 fully saturated rings. The number of rotatable bonds is 4. The normalized spacial score (nSPS) is 12.1. The van der Waals surface area contributed by atoms with Gasteiger partial charge in [-0.15, -0.1) is 0 Å². The van der Waals surface area contributed by atoms with E-state index in [2.05, 4.69) is 25.9 Å². The lowest BCUT2D eigenvalue weighted by molar-refractivity contribution is -0.107. The third-order valence-corrected chi connectivity index (χ3v) is 3.74. The molecule has 1 aromatic heterocycles. The summed E-state index contributed by atoms with van der Waals surface area (Å²) in [5, 5.41) is 0.722. The van der Waals surface area contributed by atoms with Crippen molar-refractivity contribution in [2.24, 2.45) is 0 Å². The average Bonchev–Trinajstić information content (AvgIpc) is 2.46. The van der Waals surface area contributed by atoms with Gasteiger partial charge in [-0.1, -0.05) is 52.0 Å². The van der Waals surface area contributed by atoms with Crippen LogP contribution in [-0.2, 0) is 4.79 Å². The minimum atomic E-state index is -0.318. The number of aldehydes is 1. The molecular formula is C13H11BrN2OS. The van der Waals surface area contributed by atoms with Gasteiger partial charge in [0.2, 0.25) is 0 Å². The molecule has 0 aliphatic heterocycles. The summed E-state index contributed by atoms with van der Waals surface area (Å²) in [5.74, 6) is 0. The van der Waals surface area contributed by atoms with Crippen molar-refractivity contribution < 1.29 is 4.79 Å². The Morgan fingerprint density at radius 1 is 1.33 bits per heavy atom. The monoisotopic (exact) mass is 322 g/mol. The molecule has 92 valence electrons. The van der Waals surface area contributed by atoms with Gasteiger partial charge in [0.1, 0.15) is 6.29 Å². The van der Waals surface area contributed by atoms with Crippen molar-refractivity contribution in [3.63, 3.8) is 0 Å². The predicted molar refractivity (Wildman–Crippen MR) is 77.0 cm³/mol. The Balaban J connectivity index is 2.52. The molecule has 0 radical (unpaired) electrons. The number of aromatic nitrogens is 2. The molecule has 1 aromatic carbocycles.